The molecule has 0 bridgehead atoms. The zero-order valence-corrected chi connectivity index (χ0v) is 11.1. The quantitative estimate of drug-likeness (QED) is 0.765. The van der Waals surface area contributed by atoms with Crippen molar-refractivity contribution in [3.63, 3.8) is 0 Å². The lowest BCUT2D eigenvalue weighted by molar-refractivity contribution is 0.0868. The number of rotatable bonds is 4. The molecule has 0 aliphatic carbocycles. The van der Waals surface area contributed by atoms with Gasteiger partial charge in [0, 0.05) is 12.1 Å². The van der Waals surface area contributed by atoms with Crippen LogP contribution in [0.15, 0.2) is 24.3 Å². The summed E-state index contributed by atoms with van der Waals surface area (Å²) >= 11 is 0. The summed E-state index contributed by atoms with van der Waals surface area (Å²) < 4.78 is 0. The fourth-order valence-electron chi connectivity index (χ4n) is 1.74. The number of hydrogen-bond donors (Lipinski definition) is 3. The fourth-order valence-corrected chi connectivity index (χ4v) is 1.74. The summed E-state index contributed by atoms with van der Waals surface area (Å²) in [7, 11) is 0. The van der Waals surface area contributed by atoms with Gasteiger partial charge in [-0.3, -0.25) is 4.79 Å². The Labute approximate surface area is 108 Å². The monoisotopic (exact) mass is 251 g/mol. The average Bonchev–Trinajstić information content (AvgIpc) is 2.23. The number of phenolic OH excluding ortho intramolecular Hbond substituents is 1. The maximum absolute atomic E-state index is 11.7. The number of phenols is 1. The first-order valence-corrected chi connectivity index (χ1v) is 6.03. The molecule has 18 heavy (non-hydrogen) atoms. The highest BCUT2D eigenvalue weighted by Crippen LogP contribution is 2.20. The largest absolute Gasteiger partial charge is 0.508 e. The van der Waals surface area contributed by atoms with E-state index in [4.69, 9.17) is 0 Å². The number of aliphatic hydroxyl groups excluding tert-OH is 1. The Kier molecular flexibility index (Phi) is 4.73. The predicted molar refractivity (Wildman–Crippen MR) is 70.5 cm³/mol. The number of hydrogen-bond acceptors (Lipinski definition) is 3. The van der Waals surface area contributed by atoms with Crippen LogP contribution in [0.4, 0.5) is 0 Å². The average molecular weight is 251 g/mol. The van der Waals surface area contributed by atoms with Crippen LogP contribution >= 0.6 is 0 Å². The molecule has 1 aromatic carbocycles. The van der Waals surface area contributed by atoms with Crippen LogP contribution in [0, 0.1) is 5.41 Å². The first-order chi connectivity index (χ1) is 8.28. The molecule has 0 radical (unpaired) electrons. The standard InChI is InChI=1S/C14H21NO3/c1-14(2,3)8-12(17)9-15-13(18)10-5-4-6-11(16)7-10/h4-7,12,16-17H,8-9H2,1-3H3,(H,15,18). The van der Waals surface area contributed by atoms with Crippen LogP contribution in [0.1, 0.15) is 37.6 Å². The van der Waals surface area contributed by atoms with E-state index in [2.05, 4.69) is 5.32 Å². The molecule has 0 aliphatic heterocycles. The van der Waals surface area contributed by atoms with Gasteiger partial charge in [0.1, 0.15) is 5.75 Å². The van der Waals surface area contributed by atoms with Crippen molar-refractivity contribution in [2.75, 3.05) is 6.54 Å². The number of nitrogens with one attached hydrogen (secondary N) is 1. The third-order valence-electron chi connectivity index (χ3n) is 2.45. The predicted octanol–water partition coefficient (Wildman–Crippen LogP) is 1.92. The van der Waals surface area contributed by atoms with E-state index in [9.17, 15) is 15.0 Å². The van der Waals surface area contributed by atoms with E-state index >= 15 is 0 Å². The van der Waals surface area contributed by atoms with Gasteiger partial charge in [-0.25, -0.2) is 0 Å². The molecule has 0 saturated heterocycles. The van der Waals surface area contributed by atoms with Crippen LogP contribution in [0.25, 0.3) is 0 Å². The van der Waals surface area contributed by atoms with Crippen molar-refractivity contribution >= 4 is 5.91 Å². The third-order valence-corrected chi connectivity index (χ3v) is 2.45. The molecule has 1 atom stereocenters. The Morgan fingerprint density at radius 3 is 2.61 bits per heavy atom. The van der Waals surface area contributed by atoms with E-state index in [1.54, 1.807) is 12.1 Å². The number of amides is 1. The highest BCUT2D eigenvalue weighted by Gasteiger charge is 2.17. The molecular formula is C14H21NO3. The van der Waals surface area contributed by atoms with Crippen molar-refractivity contribution in [1.82, 2.24) is 5.32 Å². The summed E-state index contributed by atoms with van der Waals surface area (Å²) in [5.41, 5.74) is 0.410. The van der Waals surface area contributed by atoms with Gasteiger partial charge in [-0.15, -0.1) is 0 Å². The van der Waals surface area contributed by atoms with Gasteiger partial charge < -0.3 is 15.5 Å². The number of carbonyl (C=O) groups is 1. The van der Waals surface area contributed by atoms with Crippen molar-refractivity contribution in [3.05, 3.63) is 29.8 Å². The van der Waals surface area contributed by atoms with Gasteiger partial charge in [0.05, 0.1) is 6.10 Å². The Morgan fingerprint density at radius 2 is 2.06 bits per heavy atom. The molecule has 4 heteroatoms. The molecule has 4 nitrogen and oxygen atoms in total. The summed E-state index contributed by atoms with van der Waals surface area (Å²) in [6.45, 7) is 6.32. The zero-order valence-electron chi connectivity index (χ0n) is 11.1. The van der Waals surface area contributed by atoms with Crippen molar-refractivity contribution in [2.24, 2.45) is 5.41 Å². The van der Waals surface area contributed by atoms with Crippen LogP contribution in [0.3, 0.4) is 0 Å². The molecule has 100 valence electrons. The maximum atomic E-state index is 11.7. The summed E-state index contributed by atoms with van der Waals surface area (Å²) in [4.78, 5) is 11.7. The molecule has 0 saturated carbocycles. The zero-order chi connectivity index (χ0) is 13.8. The van der Waals surface area contributed by atoms with Gasteiger partial charge in [-0.1, -0.05) is 26.8 Å². The summed E-state index contributed by atoms with van der Waals surface area (Å²) in [6.07, 6.45) is 0.0547. The molecule has 0 spiro atoms. The van der Waals surface area contributed by atoms with Gasteiger partial charge in [-0.05, 0) is 30.0 Å². The molecule has 0 heterocycles. The summed E-state index contributed by atoms with van der Waals surface area (Å²) in [6, 6.07) is 6.12. The Balaban J connectivity index is 2.47. The van der Waals surface area contributed by atoms with Crippen LogP contribution in [-0.2, 0) is 0 Å². The van der Waals surface area contributed by atoms with Crippen LogP contribution in [0.5, 0.6) is 5.75 Å². The van der Waals surface area contributed by atoms with Crippen molar-refractivity contribution < 1.29 is 15.0 Å². The molecule has 1 unspecified atom stereocenters. The minimum Gasteiger partial charge on any atom is -0.508 e. The van der Waals surface area contributed by atoms with Crippen LogP contribution < -0.4 is 5.32 Å². The number of aromatic hydroxyl groups is 1. The lowest BCUT2D eigenvalue weighted by atomic mass is 9.89. The van der Waals surface area contributed by atoms with E-state index in [0.717, 1.165) is 0 Å². The lowest BCUT2D eigenvalue weighted by Gasteiger charge is -2.22. The topological polar surface area (TPSA) is 69.6 Å². The van der Waals surface area contributed by atoms with Gasteiger partial charge in [0.2, 0.25) is 0 Å². The van der Waals surface area contributed by atoms with Crippen molar-refractivity contribution in [3.8, 4) is 5.75 Å². The molecule has 0 fully saturated rings. The normalized spacial score (nSPS) is 13.1. The maximum Gasteiger partial charge on any atom is 0.251 e. The number of aliphatic hydroxyl groups is 1. The van der Waals surface area contributed by atoms with Crippen molar-refractivity contribution in [1.29, 1.82) is 0 Å². The second-order valence-corrected chi connectivity index (χ2v) is 5.68. The highest BCUT2D eigenvalue weighted by molar-refractivity contribution is 5.94. The van der Waals surface area contributed by atoms with Gasteiger partial charge >= 0.3 is 0 Å². The van der Waals surface area contributed by atoms with E-state index in [1.807, 2.05) is 20.8 Å². The first kappa shape index (κ1) is 14.5. The third kappa shape index (κ3) is 5.19. The Hall–Kier alpha value is -1.55. The Morgan fingerprint density at radius 1 is 1.39 bits per heavy atom. The highest BCUT2D eigenvalue weighted by atomic mass is 16.3. The van der Waals surface area contributed by atoms with Gasteiger partial charge in [0.15, 0.2) is 0 Å². The molecule has 0 aliphatic rings. The van der Waals surface area contributed by atoms with Crippen LogP contribution in [0.2, 0.25) is 0 Å². The molecule has 1 aromatic rings. The van der Waals surface area contributed by atoms with E-state index < -0.39 is 6.10 Å². The van der Waals surface area contributed by atoms with Gasteiger partial charge in [0.25, 0.3) is 5.91 Å². The van der Waals surface area contributed by atoms with Crippen LogP contribution in [-0.4, -0.2) is 28.8 Å². The second-order valence-electron chi connectivity index (χ2n) is 5.68. The number of carbonyl (C=O) groups excluding carboxylic acids is 1. The minimum absolute atomic E-state index is 0.0230. The smallest absolute Gasteiger partial charge is 0.251 e. The second kappa shape index (κ2) is 5.87. The summed E-state index contributed by atoms with van der Waals surface area (Å²) in [5.74, 6) is -0.239. The molecule has 3 N–H and O–H groups in total. The molecule has 1 amide bonds. The lowest BCUT2D eigenvalue weighted by Crippen LogP contribution is -2.34. The molecule has 0 aromatic heterocycles. The van der Waals surface area contributed by atoms with E-state index in [1.165, 1.54) is 12.1 Å². The summed E-state index contributed by atoms with van der Waals surface area (Å²) in [5, 5.41) is 21.7. The minimum atomic E-state index is -0.564. The number of benzene rings is 1. The fraction of sp³-hybridized carbons (Fsp3) is 0.500. The van der Waals surface area contributed by atoms with Crippen molar-refractivity contribution in [2.45, 2.75) is 33.3 Å². The van der Waals surface area contributed by atoms with E-state index in [0.29, 0.717) is 12.0 Å². The molecular weight excluding hydrogens is 230 g/mol. The first-order valence-electron chi connectivity index (χ1n) is 6.03. The van der Waals surface area contributed by atoms with E-state index in [-0.39, 0.29) is 23.6 Å². The SMILES string of the molecule is CC(C)(C)CC(O)CNC(=O)c1cccc(O)c1. The van der Waals surface area contributed by atoms with Gasteiger partial charge in [-0.2, -0.15) is 0 Å². The Bertz CT molecular complexity index is 410. The molecule has 1 rings (SSSR count).